The van der Waals surface area contributed by atoms with Crippen LogP contribution in [0.25, 0.3) is 6.08 Å². The number of fused-ring (bicyclic) bond motifs is 1. The average Bonchev–Trinajstić information content (AvgIpc) is 3.06. The largest absolute Gasteiger partial charge is 0.485 e. The highest BCUT2D eigenvalue weighted by Crippen LogP contribution is 2.39. The van der Waals surface area contributed by atoms with Crippen LogP contribution in [0.4, 0.5) is 4.39 Å². The molecular weight excluding hydrogens is 407 g/mol. The van der Waals surface area contributed by atoms with E-state index < -0.39 is 0 Å². The molecule has 4 rings (SSSR count). The standard InChI is InChI=1S/C24H16ClFO4/c1-14-21(29-13-20(27)16-4-6-17(25)7-5-16)11-10-19-23(28)22(30-24(14)19)12-15-2-8-18(26)9-3-15/h2-12H,13H2,1H3/b22-12-. The number of hydrogen-bond acceptors (Lipinski definition) is 4. The highest BCUT2D eigenvalue weighted by molar-refractivity contribution is 6.30. The van der Waals surface area contributed by atoms with Gasteiger partial charge in [0.1, 0.15) is 17.3 Å². The lowest BCUT2D eigenvalue weighted by molar-refractivity contribution is 0.0920. The Balaban J connectivity index is 1.52. The minimum atomic E-state index is -0.357. The van der Waals surface area contributed by atoms with Gasteiger partial charge in [0, 0.05) is 16.1 Å². The van der Waals surface area contributed by atoms with Gasteiger partial charge in [-0.3, -0.25) is 9.59 Å². The predicted octanol–water partition coefficient (Wildman–Crippen LogP) is 5.67. The van der Waals surface area contributed by atoms with Gasteiger partial charge in [0.2, 0.25) is 5.78 Å². The maximum absolute atomic E-state index is 13.1. The lowest BCUT2D eigenvalue weighted by atomic mass is 10.1. The smallest absolute Gasteiger partial charge is 0.231 e. The first-order chi connectivity index (χ1) is 14.4. The third-order valence-electron chi connectivity index (χ3n) is 4.73. The van der Waals surface area contributed by atoms with E-state index in [1.54, 1.807) is 61.5 Å². The number of Topliss-reactive ketones (excluding diaryl/α,β-unsaturated/α-hetero) is 2. The number of allylic oxidation sites excluding steroid dienone is 1. The van der Waals surface area contributed by atoms with Gasteiger partial charge in [-0.1, -0.05) is 23.7 Å². The van der Waals surface area contributed by atoms with Crippen LogP contribution in [0.15, 0.2) is 66.4 Å². The Kier molecular flexibility index (Phi) is 5.38. The van der Waals surface area contributed by atoms with Crippen LogP contribution in [0.5, 0.6) is 11.5 Å². The molecule has 4 nitrogen and oxygen atoms in total. The lowest BCUT2D eigenvalue weighted by Crippen LogP contribution is -2.12. The summed E-state index contributed by atoms with van der Waals surface area (Å²) in [7, 11) is 0. The van der Waals surface area contributed by atoms with E-state index >= 15 is 0 Å². The molecule has 3 aromatic carbocycles. The first kappa shape index (κ1) is 19.9. The molecule has 30 heavy (non-hydrogen) atoms. The molecule has 0 bridgehead atoms. The van der Waals surface area contributed by atoms with E-state index in [0.29, 0.717) is 38.8 Å². The van der Waals surface area contributed by atoms with Crippen LogP contribution in [0.2, 0.25) is 5.02 Å². The van der Waals surface area contributed by atoms with Crippen LogP contribution in [0, 0.1) is 12.7 Å². The number of rotatable bonds is 5. The molecule has 0 fully saturated rings. The molecule has 0 aliphatic carbocycles. The monoisotopic (exact) mass is 422 g/mol. The number of ether oxygens (including phenoxy) is 2. The molecule has 150 valence electrons. The summed E-state index contributed by atoms with van der Waals surface area (Å²) in [5, 5.41) is 0.549. The zero-order valence-electron chi connectivity index (χ0n) is 15.9. The second-order valence-electron chi connectivity index (χ2n) is 6.78. The summed E-state index contributed by atoms with van der Waals surface area (Å²) in [6.07, 6.45) is 1.56. The number of halogens is 2. The Morgan fingerprint density at radius 1 is 1.07 bits per heavy atom. The second kappa shape index (κ2) is 8.13. The Morgan fingerprint density at radius 3 is 2.47 bits per heavy atom. The van der Waals surface area contributed by atoms with Crippen molar-refractivity contribution in [2.75, 3.05) is 6.61 Å². The van der Waals surface area contributed by atoms with Gasteiger partial charge in [0.25, 0.3) is 0 Å². The number of carbonyl (C=O) groups excluding carboxylic acids is 2. The fourth-order valence-corrected chi connectivity index (χ4v) is 3.22. The van der Waals surface area contributed by atoms with E-state index in [4.69, 9.17) is 21.1 Å². The van der Waals surface area contributed by atoms with Gasteiger partial charge in [-0.15, -0.1) is 0 Å². The van der Waals surface area contributed by atoms with Crippen molar-refractivity contribution in [2.24, 2.45) is 0 Å². The third kappa shape index (κ3) is 3.98. The normalized spacial score (nSPS) is 13.8. The molecule has 0 saturated heterocycles. The first-order valence-corrected chi connectivity index (χ1v) is 9.55. The molecule has 0 N–H and O–H groups in total. The number of hydrogen-bond donors (Lipinski definition) is 0. The van der Waals surface area contributed by atoms with Gasteiger partial charge >= 0.3 is 0 Å². The zero-order chi connectivity index (χ0) is 21.3. The van der Waals surface area contributed by atoms with E-state index in [1.165, 1.54) is 12.1 Å². The molecule has 6 heteroatoms. The highest BCUT2D eigenvalue weighted by atomic mass is 35.5. The first-order valence-electron chi connectivity index (χ1n) is 9.17. The van der Waals surface area contributed by atoms with Gasteiger partial charge in [-0.2, -0.15) is 0 Å². The Hall–Kier alpha value is -3.44. The van der Waals surface area contributed by atoms with Crippen molar-refractivity contribution in [2.45, 2.75) is 6.92 Å². The van der Waals surface area contributed by atoms with Gasteiger partial charge in [-0.25, -0.2) is 4.39 Å². The second-order valence-corrected chi connectivity index (χ2v) is 7.21. The van der Waals surface area contributed by atoms with Crippen molar-refractivity contribution in [3.05, 3.63) is 99.5 Å². The van der Waals surface area contributed by atoms with Crippen LogP contribution < -0.4 is 9.47 Å². The minimum absolute atomic E-state index is 0.147. The molecule has 0 saturated carbocycles. The van der Waals surface area contributed by atoms with Crippen LogP contribution in [0.1, 0.15) is 31.8 Å². The van der Waals surface area contributed by atoms with Gasteiger partial charge < -0.3 is 9.47 Å². The van der Waals surface area contributed by atoms with Crippen molar-refractivity contribution < 1.29 is 23.5 Å². The van der Waals surface area contributed by atoms with Crippen LogP contribution in [-0.2, 0) is 0 Å². The molecule has 0 amide bonds. The highest BCUT2D eigenvalue weighted by Gasteiger charge is 2.30. The van der Waals surface area contributed by atoms with E-state index in [0.717, 1.165) is 0 Å². The summed E-state index contributed by atoms with van der Waals surface area (Å²) in [5.74, 6) is 0.178. The zero-order valence-corrected chi connectivity index (χ0v) is 16.7. The van der Waals surface area contributed by atoms with Gasteiger partial charge in [-0.05, 0) is 67.1 Å². The van der Waals surface area contributed by atoms with E-state index in [1.807, 2.05) is 0 Å². The van der Waals surface area contributed by atoms with E-state index in [-0.39, 0.29) is 29.7 Å². The molecule has 0 atom stereocenters. The fraction of sp³-hybridized carbons (Fsp3) is 0.0833. The predicted molar refractivity (Wildman–Crippen MR) is 112 cm³/mol. The van der Waals surface area contributed by atoms with Crippen molar-refractivity contribution in [1.29, 1.82) is 0 Å². The number of carbonyl (C=O) groups is 2. The summed E-state index contributed by atoms with van der Waals surface area (Å²) in [5.41, 5.74) is 2.17. The summed E-state index contributed by atoms with van der Waals surface area (Å²) >= 11 is 5.84. The summed E-state index contributed by atoms with van der Waals surface area (Å²) in [4.78, 5) is 25.0. The molecule has 0 radical (unpaired) electrons. The fourth-order valence-electron chi connectivity index (χ4n) is 3.10. The molecule has 3 aromatic rings. The van der Waals surface area contributed by atoms with Crippen molar-refractivity contribution in [1.82, 2.24) is 0 Å². The third-order valence-corrected chi connectivity index (χ3v) is 4.98. The molecule has 0 aromatic heterocycles. The molecule has 1 heterocycles. The molecule has 1 aliphatic rings. The maximum atomic E-state index is 13.1. The summed E-state index contributed by atoms with van der Waals surface area (Å²) < 4.78 is 24.5. The molecular formula is C24H16ClFO4. The van der Waals surface area contributed by atoms with E-state index in [2.05, 4.69) is 0 Å². The van der Waals surface area contributed by atoms with Crippen LogP contribution >= 0.6 is 11.6 Å². The Morgan fingerprint density at radius 2 is 1.77 bits per heavy atom. The van der Waals surface area contributed by atoms with Crippen LogP contribution in [-0.4, -0.2) is 18.2 Å². The Bertz CT molecular complexity index is 1170. The Labute approximate surface area is 177 Å². The van der Waals surface area contributed by atoms with Gasteiger partial charge in [0.15, 0.2) is 18.1 Å². The molecule has 0 unspecified atom stereocenters. The minimum Gasteiger partial charge on any atom is -0.485 e. The van der Waals surface area contributed by atoms with Crippen molar-refractivity contribution in [3.63, 3.8) is 0 Å². The van der Waals surface area contributed by atoms with Crippen LogP contribution in [0.3, 0.4) is 0 Å². The number of ketones is 2. The van der Waals surface area contributed by atoms with E-state index in [9.17, 15) is 14.0 Å². The average molecular weight is 423 g/mol. The maximum Gasteiger partial charge on any atom is 0.231 e. The quantitative estimate of drug-likeness (QED) is 0.393. The molecule has 0 spiro atoms. The molecule has 1 aliphatic heterocycles. The van der Waals surface area contributed by atoms with Crippen molar-refractivity contribution >= 4 is 29.2 Å². The van der Waals surface area contributed by atoms with Gasteiger partial charge in [0.05, 0.1) is 5.56 Å². The SMILES string of the molecule is Cc1c(OCC(=O)c2ccc(Cl)cc2)ccc2c1O/C(=C\c1ccc(F)cc1)C2=O. The lowest BCUT2D eigenvalue weighted by Gasteiger charge is -2.11. The summed E-state index contributed by atoms with van der Waals surface area (Å²) in [6, 6.07) is 15.6. The number of benzene rings is 3. The van der Waals surface area contributed by atoms with Crippen molar-refractivity contribution in [3.8, 4) is 11.5 Å². The topological polar surface area (TPSA) is 52.6 Å². The summed E-state index contributed by atoms with van der Waals surface area (Å²) in [6.45, 7) is 1.60.